The van der Waals surface area contributed by atoms with Crippen LogP contribution in [0.3, 0.4) is 0 Å². The fourth-order valence-corrected chi connectivity index (χ4v) is 2.82. The molecule has 0 bridgehead atoms. The first-order valence-corrected chi connectivity index (χ1v) is 9.14. The summed E-state index contributed by atoms with van der Waals surface area (Å²) in [5, 5.41) is 2.76. The fraction of sp³-hybridized carbons (Fsp3) is 0.174. The smallest absolute Gasteiger partial charge is 0.244 e. The van der Waals surface area contributed by atoms with E-state index in [1.54, 1.807) is 42.5 Å². The van der Waals surface area contributed by atoms with E-state index in [9.17, 15) is 9.18 Å². The second-order valence-electron chi connectivity index (χ2n) is 6.27. The van der Waals surface area contributed by atoms with Crippen LogP contribution in [0, 0.1) is 5.82 Å². The van der Waals surface area contributed by atoms with Crippen molar-refractivity contribution in [3.8, 4) is 28.6 Å². The van der Waals surface area contributed by atoms with Gasteiger partial charge in [0.2, 0.25) is 5.91 Å². The zero-order chi connectivity index (χ0) is 21.5. The predicted octanol–water partition coefficient (Wildman–Crippen LogP) is 4.44. The lowest BCUT2D eigenvalue weighted by molar-refractivity contribution is -0.116. The number of hydrogen-bond acceptors (Lipinski definition) is 5. The Morgan fingerprint density at radius 2 is 1.63 bits per heavy atom. The lowest BCUT2D eigenvalue weighted by Gasteiger charge is -2.12. The highest BCUT2D eigenvalue weighted by atomic mass is 19.1. The average molecular weight is 411 g/mol. The summed E-state index contributed by atoms with van der Waals surface area (Å²) < 4.78 is 34.6. The summed E-state index contributed by atoms with van der Waals surface area (Å²) in [7, 11) is 4.61. The van der Waals surface area contributed by atoms with E-state index < -0.39 is 0 Å². The highest BCUT2D eigenvalue weighted by Crippen LogP contribution is 2.35. The van der Waals surface area contributed by atoms with E-state index in [1.165, 1.54) is 39.5 Å². The van der Waals surface area contributed by atoms with Crippen LogP contribution >= 0.6 is 0 Å². The number of hydrogen-bond donors (Lipinski definition) is 1. The van der Waals surface area contributed by atoms with Crippen molar-refractivity contribution in [2.75, 3.05) is 21.3 Å². The average Bonchev–Trinajstić information content (AvgIpc) is 3.25. The van der Waals surface area contributed by atoms with Crippen molar-refractivity contribution in [2.45, 2.75) is 6.54 Å². The van der Waals surface area contributed by atoms with Gasteiger partial charge in [-0.15, -0.1) is 0 Å². The van der Waals surface area contributed by atoms with E-state index in [-0.39, 0.29) is 18.3 Å². The molecule has 0 fully saturated rings. The van der Waals surface area contributed by atoms with Crippen LogP contribution in [0.25, 0.3) is 17.4 Å². The van der Waals surface area contributed by atoms with Gasteiger partial charge in [0, 0.05) is 23.3 Å². The van der Waals surface area contributed by atoms with Crippen molar-refractivity contribution < 1.29 is 27.8 Å². The maximum Gasteiger partial charge on any atom is 0.244 e. The number of furan rings is 1. The molecule has 3 rings (SSSR count). The number of carbonyl (C=O) groups is 1. The molecule has 1 N–H and O–H groups in total. The quantitative estimate of drug-likeness (QED) is 0.555. The number of nitrogens with one attached hydrogen (secondary N) is 1. The molecule has 0 aliphatic rings. The molecule has 30 heavy (non-hydrogen) atoms. The molecule has 0 saturated heterocycles. The Kier molecular flexibility index (Phi) is 6.75. The van der Waals surface area contributed by atoms with Crippen molar-refractivity contribution in [1.82, 2.24) is 5.32 Å². The third kappa shape index (κ3) is 5.00. The number of benzene rings is 2. The highest BCUT2D eigenvalue weighted by molar-refractivity contribution is 5.92. The minimum Gasteiger partial charge on any atom is -0.496 e. The van der Waals surface area contributed by atoms with Gasteiger partial charge in [0.05, 0.1) is 27.9 Å². The molecular formula is C23H22FNO5. The maximum absolute atomic E-state index is 13.0. The van der Waals surface area contributed by atoms with Crippen molar-refractivity contribution in [1.29, 1.82) is 0 Å². The Morgan fingerprint density at radius 3 is 2.30 bits per heavy atom. The molecule has 0 saturated carbocycles. The van der Waals surface area contributed by atoms with Gasteiger partial charge in [0.15, 0.2) is 11.5 Å². The topological polar surface area (TPSA) is 69.9 Å². The predicted molar refractivity (Wildman–Crippen MR) is 111 cm³/mol. The molecule has 1 heterocycles. The summed E-state index contributed by atoms with van der Waals surface area (Å²) in [6.45, 7) is 0.216. The molecule has 7 heteroatoms. The van der Waals surface area contributed by atoms with Gasteiger partial charge in [0.1, 0.15) is 23.1 Å². The third-order valence-electron chi connectivity index (χ3n) is 4.38. The standard InChI is InChI=1S/C23H22FNO5/c1-27-20-13-22(29-3)21(28-2)12-16(20)6-11-23(26)25-14-18-9-10-19(30-18)15-4-7-17(24)8-5-15/h4-13H,14H2,1-3H3,(H,25,26). The van der Waals surface area contributed by atoms with Gasteiger partial charge in [-0.25, -0.2) is 4.39 Å². The number of methoxy groups -OCH3 is 3. The Morgan fingerprint density at radius 1 is 0.967 bits per heavy atom. The molecule has 0 unspecified atom stereocenters. The maximum atomic E-state index is 13.0. The van der Waals surface area contributed by atoms with Gasteiger partial charge < -0.3 is 23.9 Å². The van der Waals surface area contributed by atoms with E-state index in [0.717, 1.165) is 5.56 Å². The van der Waals surface area contributed by atoms with Gasteiger partial charge in [-0.2, -0.15) is 0 Å². The number of halogens is 1. The molecule has 0 aliphatic carbocycles. The zero-order valence-corrected chi connectivity index (χ0v) is 16.9. The molecule has 3 aromatic rings. The molecule has 0 spiro atoms. The van der Waals surface area contributed by atoms with E-state index in [0.29, 0.717) is 34.3 Å². The van der Waals surface area contributed by atoms with Crippen molar-refractivity contribution in [2.24, 2.45) is 0 Å². The van der Waals surface area contributed by atoms with Crippen LogP contribution in [0.15, 0.2) is 59.0 Å². The summed E-state index contributed by atoms with van der Waals surface area (Å²) in [5.41, 5.74) is 1.43. The second-order valence-corrected chi connectivity index (χ2v) is 6.27. The van der Waals surface area contributed by atoms with Crippen LogP contribution in [0.5, 0.6) is 17.2 Å². The number of amides is 1. The summed E-state index contributed by atoms with van der Waals surface area (Å²) in [6.07, 6.45) is 3.02. The first-order valence-electron chi connectivity index (χ1n) is 9.14. The molecule has 1 aromatic heterocycles. The molecule has 0 atom stereocenters. The molecule has 156 valence electrons. The molecule has 0 aliphatic heterocycles. The molecule has 1 amide bonds. The summed E-state index contributed by atoms with van der Waals surface area (Å²) >= 11 is 0. The minimum atomic E-state index is -0.310. The highest BCUT2D eigenvalue weighted by Gasteiger charge is 2.11. The van der Waals surface area contributed by atoms with Gasteiger partial charge in [-0.3, -0.25) is 4.79 Å². The number of rotatable bonds is 8. The molecule has 0 radical (unpaired) electrons. The van der Waals surface area contributed by atoms with Crippen LogP contribution in [0.2, 0.25) is 0 Å². The van der Waals surface area contributed by atoms with Crippen LogP contribution in [-0.2, 0) is 11.3 Å². The fourth-order valence-electron chi connectivity index (χ4n) is 2.82. The van der Waals surface area contributed by atoms with Crippen molar-refractivity contribution in [3.63, 3.8) is 0 Å². The van der Waals surface area contributed by atoms with Crippen LogP contribution < -0.4 is 19.5 Å². The van der Waals surface area contributed by atoms with E-state index in [1.807, 2.05) is 0 Å². The Hall–Kier alpha value is -3.74. The lowest BCUT2D eigenvalue weighted by Crippen LogP contribution is -2.19. The van der Waals surface area contributed by atoms with E-state index >= 15 is 0 Å². The first kappa shape index (κ1) is 21.0. The Labute approximate surface area is 173 Å². The normalized spacial score (nSPS) is 10.8. The van der Waals surface area contributed by atoms with Crippen LogP contribution in [0.1, 0.15) is 11.3 Å². The molecule has 2 aromatic carbocycles. The van der Waals surface area contributed by atoms with Crippen molar-refractivity contribution >= 4 is 12.0 Å². The second kappa shape index (κ2) is 9.65. The van der Waals surface area contributed by atoms with E-state index in [2.05, 4.69) is 5.32 Å². The number of ether oxygens (including phenoxy) is 3. The largest absolute Gasteiger partial charge is 0.496 e. The minimum absolute atomic E-state index is 0.216. The third-order valence-corrected chi connectivity index (χ3v) is 4.38. The zero-order valence-electron chi connectivity index (χ0n) is 16.9. The summed E-state index contributed by atoms with van der Waals surface area (Å²) in [4.78, 5) is 12.2. The van der Waals surface area contributed by atoms with Gasteiger partial charge >= 0.3 is 0 Å². The van der Waals surface area contributed by atoms with Gasteiger partial charge in [0.25, 0.3) is 0 Å². The molecule has 6 nitrogen and oxygen atoms in total. The first-order chi connectivity index (χ1) is 14.5. The number of carbonyl (C=O) groups excluding carboxylic acids is 1. The van der Waals surface area contributed by atoms with Crippen LogP contribution in [-0.4, -0.2) is 27.2 Å². The lowest BCUT2D eigenvalue weighted by atomic mass is 10.1. The van der Waals surface area contributed by atoms with Gasteiger partial charge in [-0.05, 0) is 48.5 Å². The van der Waals surface area contributed by atoms with Crippen LogP contribution in [0.4, 0.5) is 4.39 Å². The van der Waals surface area contributed by atoms with Crippen molar-refractivity contribution in [3.05, 3.63) is 71.7 Å². The van der Waals surface area contributed by atoms with Gasteiger partial charge in [-0.1, -0.05) is 0 Å². The molecular weight excluding hydrogens is 389 g/mol. The SMILES string of the molecule is COc1cc(OC)c(OC)cc1C=CC(=O)NCc1ccc(-c2ccc(F)cc2)o1. The summed E-state index contributed by atoms with van der Waals surface area (Å²) in [5.74, 6) is 2.19. The monoisotopic (exact) mass is 411 g/mol. The Balaban J connectivity index is 1.64. The summed E-state index contributed by atoms with van der Waals surface area (Å²) in [6, 6.07) is 13.0. The van der Waals surface area contributed by atoms with E-state index in [4.69, 9.17) is 18.6 Å². The Bertz CT molecular complexity index is 1040.